The van der Waals surface area contributed by atoms with Gasteiger partial charge in [-0.3, -0.25) is 0 Å². The number of carbonyl (C=O) groups excluding carboxylic acids is 2. The highest BCUT2D eigenvalue weighted by atomic mass is 19.1. The van der Waals surface area contributed by atoms with E-state index in [9.17, 15) is 14.0 Å². The number of halogens is 1. The van der Waals surface area contributed by atoms with Crippen LogP contribution in [0, 0.1) is 5.95 Å². The van der Waals surface area contributed by atoms with Crippen molar-refractivity contribution in [3.63, 3.8) is 0 Å². The molecule has 1 fully saturated rings. The van der Waals surface area contributed by atoms with Crippen molar-refractivity contribution in [2.24, 2.45) is 0 Å². The molecule has 0 atom stereocenters. The van der Waals surface area contributed by atoms with Crippen molar-refractivity contribution >= 4 is 25.3 Å². The number of nitrogens with zero attached hydrogens (tertiary/aromatic N) is 1. The van der Waals surface area contributed by atoms with Crippen LogP contribution in [0.2, 0.25) is 0 Å². The van der Waals surface area contributed by atoms with Crippen LogP contribution in [0.5, 0.6) is 0 Å². The van der Waals surface area contributed by atoms with Gasteiger partial charge in [-0.05, 0) is 67.1 Å². The van der Waals surface area contributed by atoms with Crippen molar-refractivity contribution in [2.75, 3.05) is 20.3 Å². The van der Waals surface area contributed by atoms with E-state index in [4.69, 9.17) is 14.0 Å². The number of nitrogens with one attached hydrogen (secondary N) is 1. The predicted molar refractivity (Wildman–Crippen MR) is 153 cm³/mol. The van der Waals surface area contributed by atoms with Crippen LogP contribution in [0.15, 0.2) is 66.3 Å². The number of amides is 1. The van der Waals surface area contributed by atoms with Gasteiger partial charge < -0.3 is 24.1 Å². The van der Waals surface area contributed by atoms with Gasteiger partial charge in [-0.15, -0.1) is 0 Å². The fourth-order valence-corrected chi connectivity index (χ4v) is 5.03. The third-order valence-corrected chi connectivity index (χ3v) is 7.95. The fourth-order valence-electron chi connectivity index (χ4n) is 5.03. The molecule has 1 aliphatic heterocycles. The molecule has 0 saturated carbocycles. The molecule has 0 radical (unpaired) electrons. The summed E-state index contributed by atoms with van der Waals surface area (Å²) in [6.45, 7) is 7.84. The van der Waals surface area contributed by atoms with Crippen molar-refractivity contribution in [1.29, 1.82) is 0 Å². The van der Waals surface area contributed by atoms with Gasteiger partial charge in [-0.2, -0.15) is 4.39 Å². The molecule has 2 aromatic carbocycles. The summed E-state index contributed by atoms with van der Waals surface area (Å²) >= 11 is 0. The van der Waals surface area contributed by atoms with Gasteiger partial charge >= 0.3 is 19.2 Å². The van der Waals surface area contributed by atoms with Gasteiger partial charge in [0, 0.05) is 18.7 Å². The summed E-state index contributed by atoms with van der Waals surface area (Å²) in [4.78, 5) is 28.6. The van der Waals surface area contributed by atoms with Gasteiger partial charge in [0.15, 0.2) is 0 Å². The molecule has 41 heavy (non-hydrogen) atoms. The highest BCUT2D eigenvalue weighted by Gasteiger charge is 2.52. The SMILES string of the molecule is COC(=O)c1cc(C=C(CNC(=O)OCC2c3ccccc3-c3ccccc32)B2OC(C)(C)C(C)(C)O2)cnc1F. The minimum atomic E-state index is -0.942. The molecule has 0 unspecified atom stereocenters. The van der Waals surface area contributed by atoms with Crippen LogP contribution in [0.1, 0.15) is 60.7 Å². The summed E-state index contributed by atoms with van der Waals surface area (Å²) in [7, 11) is 0.346. The molecule has 1 aliphatic carbocycles. The van der Waals surface area contributed by atoms with Gasteiger partial charge in [0.05, 0.1) is 18.3 Å². The lowest BCUT2D eigenvalue weighted by molar-refractivity contribution is 0.00578. The second-order valence-corrected chi connectivity index (χ2v) is 11.1. The number of hydrogen-bond donors (Lipinski definition) is 1. The normalized spacial score (nSPS) is 17.1. The molecule has 0 bridgehead atoms. The van der Waals surface area contributed by atoms with Crippen LogP contribution in [0.25, 0.3) is 17.2 Å². The molecule has 212 valence electrons. The quantitative estimate of drug-likeness (QED) is 0.231. The van der Waals surface area contributed by atoms with E-state index in [2.05, 4.69) is 39.3 Å². The first-order valence-electron chi connectivity index (χ1n) is 13.4. The predicted octanol–water partition coefficient (Wildman–Crippen LogP) is 5.56. The highest BCUT2D eigenvalue weighted by Crippen LogP contribution is 2.44. The lowest BCUT2D eigenvalue weighted by Crippen LogP contribution is -2.41. The number of methoxy groups -OCH3 is 1. The van der Waals surface area contributed by atoms with Gasteiger partial charge in [0.2, 0.25) is 5.95 Å². The first-order chi connectivity index (χ1) is 19.5. The van der Waals surface area contributed by atoms with Crippen molar-refractivity contribution < 1.29 is 32.8 Å². The van der Waals surface area contributed by atoms with E-state index in [1.54, 1.807) is 6.08 Å². The van der Waals surface area contributed by atoms with Gasteiger partial charge in [0.1, 0.15) is 12.2 Å². The van der Waals surface area contributed by atoms with Crippen LogP contribution in [-0.2, 0) is 18.8 Å². The number of esters is 1. The van der Waals surface area contributed by atoms with E-state index < -0.39 is 36.3 Å². The average molecular weight is 558 g/mol. The van der Waals surface area contributed by atoms with Crippen LogP contribution in [-0.4, -0.2) is 55.6 Å². The van der Waals surface area contributed by atoms with Gasteiger partial charge in [0.25, 0.3) is 0 Å². The van der Waals surface area contributed by atoms with Crippen LogP contribution < -0.4 is 5.32 Å². The molecular weight excluding hydrogens is 526 g/mol. The molecule has 1 aromatic heterocycles. The number of aromatic nitrogens is 1. The summed E-state index contributed by atoms with van der Waals surface area (Å²) in [5.74, 6) is -1.87. The molecular formula is C31H32BFN2O6. The summed E-state index contributed by atoms with van der Waals surface area (Å²) in [6, 6.07) is 17.5. The molecule has 10 heteroatoms. The summed E-state index contributed by atoms with van der Waals surface area (Å²) in [6.07, 6.45) is 2.31. The molecule has 3 aromatic rings. The molecule has 5 rings (SSSR count). The zero-order chi connectivity index (χ0) is 29.4. The number of fused-ring (bicyclic) bond motifs is 3. The molecule has 2 heterocycles. The Labute approximate surface area is 239 Å². The first kappa shape index (κ1) is 28.5. The van der Waals surface area contributed by atoms with Gasteiger partial charge in [-0.25, -0.2) is 14.6 Å². The lowest BCUT2D eigenvalue weighted by Gasteiger charge is -2.32. The molecule has 1 amide bonds. The Morgan fingerprint density at radius 3 is 2.20 bits per heavy atom. The standard InChI is InChI=1S/C31H32BFN2O6/c1-30(2)31(3,4)41-32(40-30)20(14-19-15-25(28(36)38-5)27(33)34-16-19)17-35-29(37)39-18-26-23-12-8-6-10-21(23)22-11-7-9-13-24(22)26/h6-16,26H,17-18H2,1-5H3,(H,35,37). The fraction of sp³-hybridized carbons (Fsp3) is 0.323. The number of ether oxygens (including phenoxy) is 2. The summed E-state index contributed by atoms with van der Waals surface area (Å²) in [5, 5.41) is 2.79. The minimum absolute atomic E-state index is 0.0123. The Kier molecular flexibility index (Phi) is 7.72. The number of hydrogen-bond acceptors (Lipinski definition) is 7. The Morgan fingerprint density at radius 1 is 1.02 bits per heavy atom. The number of rotatable bonds is 7. The van der Waals surface area contributed by atoms with Crippen LogP contribution >= 0.6 is 0 Å². The molecule has 0 spiro atoms. The van der Waals surface area contributed by atoms with E-state index in [0.29, 0.717) is 11.0 Å². The summed E-state index contributed by atoms with van der Waals surface area (Å²) < 4.78 is 36.9. The number of carbonyl (C=O) groups is 2. The van der Waals surface area contributed by atoms with Crippen LogP contribution in [0.3, 0.4) is 0 Å². The third-order valence-electron chi connectivity index (χ3n) is 7.95. The Bertz CT molecular complexity index is 1460. The maximum atomic E-state index is 14.1. The first-order valence-corrected chi connectivity index (χ1v) is 13.4. The maximum absolute atomic E-state index is 14.1. The lowest BCUT2D eigenvalue weighted by atomic mass is 9.77. The largest absolute Gasteiger partial charge is 0.492 e. The van der Waals surface area contributed by atoms with Crippen molar-refractivity contribution in [2.45, 2.75) is 44.8 Å². The van der Waals surface area contributed by atoms with E-state index in [0.717, 1.165) is 22.3 Å². The average Bonchev–Trinajstić information content (AvgIpc) is 3.39. The Balaban J connectivity index is 1.33. The number of pyridine rings is 1. The molecule has 1 saturated heterocycles. The van der Waals surface area contributed by atoms with E-state index in [-0.39, 0.29) is 24.6 Å². The second-order valence-electron chi connectivity index (χ2n) is 11.1. The van der Waals surface area contributed by atoms with Gasteiger partial charge in [-0.1, -0.05) is 54.6 Å². The Hall–Kier alpha value is -4.02. The van der Waals surface area contributed by atoms with Crippen molar-refractivity contribution in [3.05, 3.63) is 94.5 Å². The molecule has 1 N–H and O–H groups in total. The topological polar surface area (TPSA) is 96.0 Å². The number of alkyl carbamates (subject to hydrolysis) is 1. The monoisotopic (exact) mass is 558 g/mol. The number of benzene rings is 2. The maximum Gasteiger partial charge on any atom is 0.492 e. The van der Waals surface area contributed by atoms with E-state index in [1.807, 2.05) is 52.0 Å². The van der Waals surface area contributed by atoms with E-state index >= 15 is 0 Å². The van der Waals surface area contributed by atoms with E-state index in [1.165, 1.54) is 19.4 Å². The minimum Gasteiger partial charge on any atom is -0.465 e. The highest BCUT2D eigenvalue weighted by molar-refractivity contribution is 6.56. The third kappa shape index (κ3) is 5.62. The smallest absolute Gasteiger partial charge is 0.465 e. The second kappa shape index (κ2) is 11.1. The zero-order valence-electron chi connectivity index (χ0n) is 23.7. The summed E-state index contributed by atoms with van der Waals surface area (Å²) in [5.41, 5.74) is 3.86. The molecule has 2 aliphatic rings. The van der Waals surface area contributed by atoms with Crippen molar-refractivity contribution in [3.8, 4) is 11.1 Å². The van der Waals surface area contributed by atoms with Crippen LogP contribution in [0.4, 0.5) is 9.18 Å². The van der Waals surface area contributed by atoms with Crippen molar-refractivity contribution in [1.82, 2.24) is 10.3 Å². The zero-order valence-corrected chi connectivity index (χ0v) is 23.7. The Morgan fingerprint density at radius 2 is 1.61 bits per heavy atom. The molecule has 8 nitrogen and oxygen atoms in total.